The number of morpholine rings is 1. The van der Waals surface area contributed by atoms with E-state index in [-0.39, 0.29) is 45.5 Å². The fourth-order valence-electron chi connectivity index (χ4n) is 3.49. The van der Waals surface area contributed by atoms with Crippen LogP contribution in [0.5, 0.6) is 0 Å². The number of rotatable bonds is 1. The topological polar surface area (TPSA) is 78.8 Å². The van der Waals surface area contributed by atoms with E-state index in [4.69, 9.17) is 27.9 Å². The molecule has 138 valence electrons. The van der Waals surface area contributed by atoms with Gasteiger partial charge in [-0.2, -0.15) is 4.98 Å². The lowest BCUT2D eigenvalue weighted by Gasteiger charge is -2.49. The monoisotopic (exact) mass is 464 g/mol. The number of amides is 1. The summed E-state index contributed by atoms with van der Waals surface area (Å²) < 4.78 is 20.3. The van der Waals surface area contributed by atoms with Gasteiger partial charge in [-0.25, -0.2) is 14.2 Å². The van der Waals surface area contributed by atoms with Gasteiger partial charge in [-0.15, -0.1) is 0 Å². The Balaban J connectivity index is 1.88. The third-order valence-electron chi connectivity index (χ3n) is 4.56. The van der Waals surface area contributed by atoms with Gasteiger partial charge >= 0.3 is 6.09 Å². The highest BCUT2D eigenvalue weighted by atomic mass is 79.9. The van der Waals surface area contributed by atoms with Crippen LogP contribution in [-0.4, -0.2) is 64.5 Å². The molecule has 0 radical (unpaired) electrons. The van der Waals surface area contributed by atoms with Crippen molar-refractivity contribution in [2.45, 2.75) is 12.1 Å². The van der Waals surface area contributed by atoms with Crippen LogP contribution in [0.3, 0.4) is 0 Å². The Bertz CT molecular complexity index is 904. The molecule has 0 aliphatic carbocycles. The van der Waals surface area contributed by atoms with Crippen molar-refractivity contribution in [1.29, 1.82) is 0 Å². The van der Waals surface area contributed by atoms with E-state index < -0.39 is 11.9 Å². The van der Waals surface area contributed by atoms with Gasteiger partial charge in [0.15, 0.2) is 5.82 Å². The minimum absolute atomic E-state index is 0.0518. The number of anilines is 1. The molecule has 7 nitrogen and oxygen atoms in total. The van der Waals surface area contributed by atoms with Crippen LogP contribution in [0.1, 0.15) is 0 Å². The van der Waals surface area contributed by atoms with Crippen molar-refractivity contribution in [1.82, 2.24) is 14.9 Å². The van der Waals surface area contributed by atoms with E-state index in [2.05, 4.69) is 25.9 Å². The smallest absolute Gasteiger partial charge is 0.407 e. The summed E-state index contributed by atoms with van der Waals surface area (Å²) in [6.07, 6.45) is -0.981. The number of carboxylic acid groups (broad SMARTS) is 1. The Morgan fingerprint density at radius 3 is 2.58 bits per heavy atom. The summed E-state index contributed by atoms with van der Waals surface area (Å²) >= 11 is 15.3. The quantitative estimate of drug-likeness (QED) is 0.513. The van der Waals surface area contributed by atoms with E-state index in [0.717, 1.165) is 0 Å². The number of aromatic nitrogens is 2. The van der Waals surface area contributed by atoms with Crippen LogP contribution >= 0.6 is 39.1 Å². The second-order valence-corrected chi connectivity index (χ2v) is 7.68. The molecule has 1 aromatic carbocycles. The van der Waals surface area contributed by atoms with E-state index in [0.29, 0.717) is 24.4 Å². The second kappa shape index (κ2) is 6.63. The summed E-state index contributed by atoms with van der Waals surface area (Å²) in [7, 11) is 0. The highest BCUT2D eigenvalue weighted by molar-refractivity contribution is 9.10. The molecule has 11 heteroatoms. The number of nitrogens with zero attached hydrogens (tertiary/aromatic N) is 4. The first-order chi connectivity index (χ1) is 12.4. The molecule has 2 bridgehead atoms. The summed E-state index contributed by atoms with van der Waals surface area (Å²) in [6, 6.07) is 1.05. The molecule has 2 aromatic rings. The van der Waals surface area contributed by atoms with Crippen molar-refractivity contribution in [3.63, 3.8) is 0 Å². The van der Waals surface area contributed by atoms with Crippen molar-refractivity contribution in [3.05, 3.63) is 26.7 Å². The van der Waals surface area contributed by atoms with Gasteiger partial charge in [-0.05, 0) is 33.6 Å². The third-order valence-corrected chi connectivity index (χ3v) is 6.03. The Morgan fingerprint density at radius 1 is 1.31 bits per heavy atom. The zero-order chi connectivity index (χ0) is 18.6. The molecule has 2 fully saturated rings. The van der Waals surface area contributed by atoms with Gasteiger partial charge in [-0.3, -0.25) is 0 Å². The average molecular weight is 466 g/mol. The van der Waals surface area contributed by atoms with Crippen molar-refractivity contribution in [3.8, 4) is 0 Å². The number of ether oxygens (including phenoxy) is 1. The first kappa shape index (κ1) is 18.0. The molecule has 2 aliphatic rings. The fraction of sp³-hybridized carbons (Fsp3) is 0.400. The largest absolute Gasteiger partial charge is 0.465 e. The Labute approximate surface area is 165 Å². The molecular weight excluding hydrogens is 454 g/mol. The molecule has 2 aliphatic heterocycles. The fourth-order valence-corrected chi connectivity index (χ4v) is 4.15. The molecule has 4 rings (SSSR count). The number of halogens is 4. The molecule has 3 heterocycles. The maximum atomic E-state index is 14.6. The number of benzene rings is 1. The zero-order valence-corrected chi connectivity index (χ0v) is 16.2. The minimum atomic E-state index is -0.981. The summed E-state index contributed by atoms with van der Waals surface area (Å²) in [6.45, 7) is 1.16. The van der Waals surface area contributed by atoms with E-state index in [1.807, 2.05) is 4.90 Å². The van der Waals surface area contributed by atoms with Crippen LogP contribution in [0.4, 0.5) is 15.0 Å². The highest BCUT2D eigenvalue weighted by Crippen LogP contribution is 2.38. The van der Waals surface area contributed by atoms with Crippen molar-refractivity contribution in [2.75, 3.05) is 31.2 Å². The number of carbonyl (C=O) groups is 1. The van der Waals surface area contributed by atoms with Gasteiger partial charge < -0.3 is 19.6 Å². The zero-order valence-electron chi connectivity index (χ0n) is 13.1. The Hall–Kier alpha value is -1.42. The van der Waals surface area contributed by atoms with Crippen LogP contribution in [0, 0.1) is 5.82 Å². The van der Waals surface area contributed by atoms with E-state index in [9.17, 15) is 14.3 Å². The Kier molecular flexibility index (Phi) is 4.58. The van der Waals surface area contributed by atoms with Gasteiger partial charge in [0.2, 0.25) is 5.28 Å². The molecule has 1 aromatic heterocycles. The summed E-state index contributed by atoms with van der Waals surface area (Å²) in [5.74, 6) is -0.194. The first-order valence-corrected chi connectivity index (χ1v) is 9.26. The second-order valence-electron chi connectivity index (χ2n) is 6.14. The number of hydrogen-bond acceptors (Lipinski definition) is 5. The van der Waals surface area contributed by atoms with Crippen molar-refractivity contribution < 1.29 is 19.0 Å². The van der Waals surface area contributed by atoms with Crippen molar-refractivity contribution >= 4 is 61.9 Å². The predicted octanol–water partition coefficient (Wildman–Crippen LogP) is 3.41. The summed E-state index contributed by atoms with van der Waals surface area (Å²) in [5.41, 5.74) is 0.0518. The summed E-state index contributed by atoms with van der Waals surface area (Å²) in [4.78, 5) is 23.0. The standard InChI is InChI=1S/C15H12BrCl2FN4O3/c16-10-9(17)1-8-12(11(10)19)20-14(18)21-13(8)23-6-2-22(15(24)25)3-7(23)5-26-4-6/h1,6-7H,2-5H2,(H,24,25)/t6-,7?/m0/s1. The van der Waals surface area contributed by atoms with Crippen LogP contribution in [0.25, 0.3) is 10.9 Å². The molecule has 1 unspecified atom stereocenters. The maximum Gasteiger partial charge on any atom is 0.407 e. The van der Waals surface area contributed by atoms with E-state index in [1.165, 1.54) is 4.90 Å². The number of hydrogen-bond donors (Lipinski definition) is 1. The van der Waals surface area contributed by atoms with E-state index >= 15 is 0 Å². The molecular formula is C15H12BrCl2FN4O3. The van der Waals surface area contributed by atoms with Crippen LogP contribution in [0.2, 0.25) is 10.3 Å². The lowest BCUT2D eigenvalue weighted by Crippen LogP contribution is -2.65. The molecule has 26 heavy (non-hydrogen) atoms. The van der Waals surface area contributed by atoms with Gasteiger partial charge in [-0.1, -0.05) is 11.6 Å². The lowest BCUT2D eigenvalue weighted by atomic mass is 10.0. The maximum absolute atomic E-state index is 14.6. The summed E-state index contributed by atoms with van der Waals surface area (Å²) in [5, 5.41) is 9.83. The normalized spacial score (nSPS) is 22.8. The first-order valence-electron chi connectivity index (χ1n) is 7.71. The third kappa shape index (κ3) is 2.87. The average Bonchev–Trinajstić information content (AvgIpc) is 2.59. The SMILES string of the molecule is O=C(O)N1CC2COC[C@H](C1)N2c1nc(Cl)nc2c(F)c(Br)c(Cl)cc12. The van der Waals surface area contributed by atoms with Crippen LogP contribution in [-0.2, 0) is 4.74 Å². The minimum Gasteiger partial charge on any atom is -0.465 e. The molecule has 0 saturated carbocycles. The molecule has 2 saturated heterocycles. The van der Waals surface area contributed by atoms with Gasteiger partial charge in [0.1, 0.15) is 11.3 Å². The van der Waals surface area contributed by atoms with Crippen LogP contribution in [0.15, 0.2) is 10.5 Å². The highest BCUT2D eigenvalue weighted by Gasteiger charge is 2.41. The van der Waals surface area contributed by atoms with Gasteiger partial charge in [0.05, 0.1) is 34.8 Å². The number of fused-ring (bicyclic) bond motifs is 3. The van der Waals surface area contributed by atoms with E-state index in [1.54, 1.807) is 6.07 Å². The molecule has 2 atom stereocenters. The van der Waals surface area contributed by atoms with Crippen molar-refractivity contribution in [2.24, 2.45) is 0 Å². The predicted molar refractivity (Wildman–Crippen MR) is 97.7 cm³/mol. The molecule has 1 amide bonds. The Morgan fingerprint density at radius 2 is 1.96 bits per heavy atom. The molecule has 1 N–H and O–H groups in total. The van der Waals surface area contributed by atoms with Crippen LogP contribution < -0.4 is 4.90 Å². The lowest BCUT2D eigenvalue weighted by molar-refractivity contribution is 0.0183. The number of piperazine rings is 1. The van der Waals surface area contributed by atoms with Gasteiger partial charge in [0.25, 0.3) is 0 Å². The van der Waals surface area contributed by atoms with Gasteiger partial charge in [0, 0.05) is 18.5 Å². The molecule has 0 spiro atoms.